The van der Waals surface area contributed by atoms with Crippen molar-refractivity contribution in [2.75, 3.05) is 20.3 Å². The van der Waals surface area contributed by atoms with Crippen molar-refractivity contribution >= 4 is 5.97 Å². The molecular weight excluding hydrogens is 406 g/mol. The van der Waals surface area contributed by atoms with Crippen LogP contribution in [0.2, 0.25) is 0 Å². The lowest BCUT2D eigenvalue weighted by atomic mass is 9.99. The summed E-state index contributed by atoms with van der Waals surface area (Å²) in [6.07, 6.45) is 2.04. The maximum atomic E-state index is 14.3. The van der Waals surface area contributed by atoms with E-state index in [-0.39, 0.29) is 16.8 Å². The van der Waals surface area contributed by atoms with Gasteiger partial charge in [0.25, 0.3) is 0 Å². The summed E-state index contributed by atoms with van der Waals surface area (Å²) in [6, 6.07) is 7.01. The summed E-state index contributed by atoms with van der Waals surface area (Å²) < 4.78 is 38.8. The van der Waals surface area contributed by atoms with E-state index in [1.165, 1.54) is 19.4 Å². The third-order valence-electron chi connectivity index (χ3n) is 4.74. The highest BCUT2D eigenvalue weighted by Crippen LogP contribution is 2.33. The molecule has 0 unspecified atom stereocenters. The molecule has 31 heavy (non-hydrogen) atoms. The highest BCUT2D eigenvalue weighted by Gasteiger charge is 2.19. The van der Waals surface area contributed by atoms with E-state index in [0.29, 0.717) is 42.1 Å². The molecule has 0 amide bonds. The summed E-state index contributed by atoms with van der Waals surface area (Å²) in [5.41, 5.74) is 2.76. The molecule has 6 nitrogen and oxygen atoms in total. The Labute approximate surface area is 178 Å². The van der Waals surface area contributed by atoms with Gasteiger partial charge >= 0.3 is 5.97 Å². The van der Waals surface area contributed by atoms with Gasteiger partial charge in [-0.15, -0.1) is 0 Å². The zero-order valence-electron chi connectivity index (χ0n) is 17.4. The molecule has 1 N–H and O–H groups in total. The van der Waals surface area contributed by atoms with Crippen LogP contribution in [0.4, 0.5) is 8.78 Å². The minimum atomic E-state index is -1.04. The van der Waals surface area contributed by atoms with Gasteiger partial charge in [0.15, 0.2) is 17.4 Å². The van der Waals surface area contributed by atoms with Crippen LogP contribution in [0, 0.1) is 18.6 Å². The first-order chi connectivity index (χ1) is 14.8. The first kappa shape index (κ1) is 22.3. The quantitative estimate of drug-likeness (QED) is 0.525. The monoisotopic (exact) mass is 428 g/mol. The Hall–Kier alpha value is -3.39. The minimum absolute atomic E-state index is 0.160. The molecule has 0 saturated heterocycles. The van der Waals surface area contributed by atoms with Gasteiger partial charge in [0.1, 0.15) is 0 Å². The third kappa shape index (κ3) is 4.86. The number of carbonyl (C=O) groups is 1. The van der Waals surface area contributed by atoms with Crippen LogP contribution in [-0.2, 0) is 11.2 Å². The van der Waals surface area contributed by atoms with Crippen molar-refractivity contribution in [3.8, 4) is 28.3 Å². The summed E-state index contributed by atoms with van der Waals surface area (Å²) >= 11 is 0. The molecule has 0 spiro atoms. The highest BCUT2D eigenvalue weighted by atomic mass is 19.1. The van der Waals surface area contributed by atoms with E-state index in [0.717, 1.165) is 12.1 Å². The molecule has 2 aromatic carbocycles. The minimum Gasteiger partial charge on any atom is -0.491 e. The van der Waals surface area contributed by atoms with Crippen LogP contribution < -0.4 is 4.74 Å². The molecule has 0 aliphatic heterocycles. The first-order valence-corrected chi connectivity index (χ1v) is 9.67. The van der Waals surface area contributed by atoms with Crippen molar-refractivity contribution in [3.63, 3.8) is 0 Å². The number of halogens is 2. The lowest BCUT2D eigenvalue weighted by Crippen LogP contribution is -2.05. The van der Waals surface area contributed by atoms with E-state index in [9.17, 15) is 18.7 Å². The van der Waals surface area contributed by atoms with Crippen LogP contribution in [0.15, 0.2) is 36.5 Å². The summed E-state index contributed by atoms with van der Waals surface area (Å²) in [7, 11) is 1.19. The fourth-order valence-electron chi connectivity index (χ4n) is 3.22. The lowest BCUT2D eigenvalue weighted by Gasteiger charge is -2.13. The normalized spacial score (nSPS) is 10.9. The zero-order valence-corrected chi connectivity index (χ0v) is 17.4. The molecule has 1 aromatic heterocycles. The molecule has 0 atom stereocenters. The predicted octanol–water partition coefficient (Wildman–Crippen LogP) is 4.68. The molecule has 3 aromatic rings. The van der Waals surface area contributed by atoms with Crippen molar-refractivity contribution in [2.45, 2.75) is 20.3 Å². The standard InChI is InChI=1S/C23H22F2N2O4/c1-4-31-8-7-16-12-26-20(15-10-18(24)22(30-3)19(25)11-15)21(27-16)14-5-6-17(23(28)29)13(2)9-14/h5-6,9-12H,4,7-8H2,1-3H3,(H,28,29). The molecule has 8 heteroatoms. The molecule has 0 aliphatic carbocycles. The molecule has 162 valence electrons. The van der Waals surface area contributed by atoms with Gasteiger partial charge in [0, 0.05) is 30.4 Å². The number of rotatable bonds is 8. The van der Waals surface area contributed by atoms with E-state index < -0.39 is 23.4 Å². The number of ether oxygens (including phenoxy) is 2. The molecule has 0 saturated carbocycles. The van der Waals surface area contributed by atoms with E-state index in [1.54, 1.807) is 19.1 Å². The van der Waals surface area contributed by atoms with Crippen molar-refractivity contribution in [3.05, 3.63) is 65.0 Å². The molecule has 0 radical (unpaired) electrons. The number of nitrogens with zero attached hydrogens (tertiary/aromatic N) is 2. The van der Waals surface area contributed by atoms with Crippen LogP contribution in [0.1, 0.15) is 28.5 Å². The second-order valence-corrected chi connectivity index (χ2v) is 6.81. The summed E-state index contributed by atoms with van der Waals surface area (Å²) in [5, 5.41) is 9.30. The Balaban J connectivity index is 2.16. The molecule has 0 fully saturated rings. The highest BCUT2D eigenvalue weighted by molar-refractivity contribution is 5.90. The second-order valence-electron chi connectivity index (χ2n) is 6.81. The Morgan fingerprint density at radius 2 is 1.81 bits per heavy atom. The fourth-order valence-corrected chi connectivity index (χ4v) is 3.22. The Morgan fingerprint density at radius 1 is 1.10 bits per heavy atom. The molecule has 3 rings (SSSR count). The number of hydrogen-bond acceptors (Lipinski definition) is 5. The van der Waals surface area contributed by atoms with Gasteiger partial charge in [0.2, 0.25) is 0 Å². The van der Waals surface area contributed by atoms with Crippen molar-refractivity contribution in [2.24, 2.45) is 0 Å². The molecule has 0 aliphatic rings. The average Bonchev–Trinajstić information content (AvgIpc) is 2.73. The predicted molar refractivity (Wildman–Crippen MR) is 111 cm³/mol. The lowest BCUT2D eigenvalue weighted by molar-refractivity contribution is 0.0696. The average molecular weight is 428 g/mol. The maximum Gasteiger partial charge on any atom is 0.335 e. The number of benzene rings is 2. The van der Waals surface area contributed by atoms with E-state index in [4.69, 9.17) is 9.47 Å². The Kier molecular flexibility index (Phi) is 6.91. The van der Waals surface area contributed by atoms with E-state index >= 15 is 0 Å². The Bertz CT molecular complexity index is 1100. The Morgan fingerprint density at radius 3 is 2.39 bits per heavy atom. The van der Waals surface area contributed by atoms with Gasteiger partial charge in [-0.3, -0.25) is 4.98 Å². The van der Waals surface area contributed by atoms with Crippen LogP contribution >= 0.6 is 0 Å². The molecule has 0 bridgehead atoms. The van der Waals surface area contributed by atoms with Gasteiger partial charge in [-0.2, -0.15) is 0 Å². The molecule has 1 heterocycles. The number of aryl methyl sites for hydroxylation is 1. The van der Waals surface area contributed by atoms with Crippen molar-refractivity contribution < 1.29 is 28.2 Å². The van der Waals surface area contributed by atoms with E-state index in [1.807, 2.05) is 6.92 Å². The number of aromatic carboxylic acids is 1. The van der Waals surface area contributed by atoms with Crippen molar-refractivity contribution in [1.82, 2.24) is 9.97 Å². The van der Waals surface area contributed by atoms with E-state index in [2.05, 4.69) is 9.97 Å². The van der Waals surface area contributed by atoms with Crippen LogP contribution in [-0.4, -0.2) is 41.4 Å². The maximum absolute atomic E-state index is 14.3. The summed E-state index contributed by atoms with van der Waals surface area (Å²) in [5.74, 6) is -3.24. The van der Waals surface area contributed by atoms with Crippen LogP contribution in [0.25, 0.3) is 22.5 Å². The number of aromatic nitrogens is 2. The number of methoxy groups -OCH3 is 1. The van der Waals surface area contributed by atoms with Gasteiger partial charge in [-0.1, -0.05) is 6.07 Å². The SMILES string of the molecule is CCOCCc1cnc(-c2cc(F)c(OC)c(F)c2)c(-c2ccc(C(=O)O)c(C)c2)n1. The largest absolute Gasteiger partial charge is 0.491 e. The van der Waals surface area contributed by atoms with Crippen LogP contribution in [0.3, 0.4) is 0 Å². The van der Waals surface area contributed by atoms with Gasteiger partial charge in [-0.05, 0) is 43.7 Å². The van der Waals surface area contributed by atoms with Crippen molar-refractivity contribution in [1.29, 1.82) is 0 Å². The second kappa shape index (κ2) is 9.61. The topological polar surface area (TPSA) is 81.5 Å². The van der Waals surface area contributed by atoms with Gasteiger partial charge < -0.3 is 14.6 Å². The van der Waals surface area contributed by atoms with Gasteiger partial charge in [-0.25, -0.2) is 18.6 Å². The molecular formula is C23H22F2N2O4. The summed E-state index contributed by atoms with van der Waals surface area (Å²) in [6.45, 7) is 4.58. The number of carboxylic acids is 1. The smallest absolute Gasteiger partial charge is 0.335 e. The fraction of sp³-hybridized carbons (Fsp3) is 0.261. The number of carboxylic acid groups (broad SMARTS) is 1. The van der Waals surface area contributed by atoms with Gasteiger partial charge in [0.05, 0.1) is 36.4 Å². The zero-order chi connectivity index (χ0) is 22.5. The third-order valence-corrected chi connectivity index (χ3v) is 4.74. The first-order valence-electron chi connectivity index (χ1n) is 9.67. The van der Waals surface area contributed by atoms with Crippen LogP contribution in [0.5, 0.6) is 5.75 Å². The summed E-state index contributed by atoms with van der Waals surface area (Å²) in [4.78, 5) is 20.4. The number of hydrogen-bond donors (Lipinski definition) is 1.